The Morgan fingerprint density at radius 3 is 2.30 bits per heavy atom. The van der Waals surface area contributed by atoms with Gasteiger partial charge in [0.05, 0.1) is 0 Å². The molecule has 2 aromatic rings. The molecular weight excluding hydrogens is 254 g/mol. The van der Waals surface area contributed by atoms with Gasteiger partial charge in [-0.15, -0.1) is 0 Å². The van der Waals surface area contributed by atoms with Gasteiger partial charge in [-0.25, -0.2) is 0 Å². The summed E-state index contributed by atoms with van der Waals surface area (Å²) >= 11 is 0. The van der Waals surface area contributed by atoms with Crippen molar-refractivity contribution in [3.05, 3.63) is 52.8 Å². The Kier molecular flexibility index (Phi) is 3.14. The minimum absolute atomic E-state index is 0.0319. The van der Waals surface area contributed by atoms with E-state index in [-0.39, 0.29) is 5.78 Å². The summed E-state index contributed by atoms with van der Waals surface area (Å²) in [4.78, 5) is 16.8. The number of aromatic nitrogens is 1. The van der Waals surface area contributed by atoms with Gasteiger partial charge in [0.25, 0.3) is 0 Å². The monoisotopic (exact) mass is 269 g/mol. The van der Waals surface area contributed by atoms with Crippen LogP contribution in [-0.4, -0.2) is 24.0 Å². The Bertz CT molecular complexity index is 659. The second-order valence-corrected chi connectivity index (χ2v) is 4.83. The number of carbonyl (C=O) groups is 1. The first-order valence-electron chi connectivity index (χ1n) is 6.53. The molecule has 1 aromatic carbocycles. The SMILES string of the molecule is Cc1cc(C(=O)c2ccc3c(c2)OCCO3)cc(C)n1. The lowest BCUT2D eigenvalue weighted by Crippen LogP contribution is -2.16. The van der Waals surface area contributed by atoms with Gasteiger partial charge < -0.3 is 9.47 Å². The zero-order valence-electron chi connectivity index (χ0n) is 11.5. The molecule has 0 radical (unpaired) electrons. The van der Waals surface area contributed by atoms with E-state index in [4.69, 9.17) is 9.47 Å². The first kappa shape index (κ1) is 12.7. The minimum Gasteiger partial charge on any atom is -0.486 e. The number of hydrogen-bond acceptors (Lipinski definition) is 4. The van der Waals surface area contributed by atoms with Crippen molar-refractivity contribution in [1.82, 2.24) is 4.98 Å². The van der Waals surface area contributed by atoms with Crippen molar-refractivity contribution in [2.45, 2.75) is 13.8 Å². The highest BCUT2D eigenvalue weighted by Gasteiger charge is 2.16. The number of hydrogen-bond donors (Lipinski definition) is 0. The number of rotatable bonds is 2. The molecule has 3 rings (SSSR count). The fourth-order valence-corrected chi connectivity index (χ4v) is 2.32. The minimum atomic E-state index is -0.0319. The molecule has 0 N–H and O–H groups in total. The van der Waals surface area contributed by atoms with E-state index in [0.717, 1.165) is 11.4 Å². The van der Waals surface area contributed by atoms with Crippen LogP contribution in [0.4, 0.5) is 0 Å². The zero-order chi connectivity index (χ0) is 14.1. The van der Waals surface area contributed by atoms with Crippen LogP contribution >= 0.6 is 0 Å². The summed E-state index contributed by atoms with van der Waals surface area (Å²) < 4.78 is 11.0. The molecule has 4 nitrogen and oxygen atoms in total. The van der Waals surface area contributed by atoms with Crippen molar-refractivity contribution >= 4 is 5.78 Å². The molecule has 0 unspecified atom stereocenters. The molecule has 0 bridgehead atoms. The van der Waals surface area contributed by atoms with E-state index in [0.29, 0.717) is 35.8 Å². The Morgan fingerprint density at radius 1 is 0.950 bits per heavy atom. The maximum Gasteiger partial charge on any atom is 0.193 e. The third-order valence-electron chi connectivity index (χ3n) is 3.15. The number of ether oxygens (including phenoxy) is 2. The molecule has 0 spiro atoms. The molecule has 0 fully saturated rings. The van der Waals surface area contributed by atoms with Gasteiger partial charge in [0.1, 0.15) is 13.2 Å². The van der Waals surface area contributed by atoms with Crippen LogP contribution in [0.1, 0.15) is 27.3 Å². The topological polar surface area (TPSA) is 48.4 Å². The van der Waals surface area contributed by atoms with E-state index in [1.165, 1.54) is 0 Å². The molecule has 20 heavy (non-hydrogen) atoms. The molecule has 1 aliphatic heterocycles. The van der Waals surface area contributed by atoms with Crippen LogP contribution in [-0.2, 0) is 0 Å². The van der Waals surface area contributed by atoms with Gasteiger partial charge in [-0.3, -0.25) is 9.78 Å². The van der Waals surface area contributed by atoms with Crippen LogP contribution in [0, 0.1) is 13.8 Å². The number of benzene rings is 1. The van der Waals surface area contributed by atoms with Gasteiger partial charge in [-0.05, 0) is 44.2 Å². The standard InChI is InChI=1S/C16H15NO3/c1-10-7-13(8-11(2)17-10)16(18)12-3-4-14-15(9-12)20-6-5-19-14/h3-4,7-9H,5-6H2,1-2H3. The van der Waals surface area contributed by atoms with Crippen LogP contribution in [0.3, 0.4) is 0 Å². The summed E-state index contributed by atoms with van der Waals surface area (Å²) in [5, 5.41) is 0. The first-order chi connectivity index (χ1) is 9.63. The third kappa shape index (κ3) is 2.37. The van der Waals surface area contributed by atoms with Crippen LogP contribution in [0.5, 0.6) is 11.5 Å². The average Bonchev–Trinajstić information content (AvgIpc) is 2.45. The molecule has 2 heterocycles. The van der Waals surface area contributed by atoms with E-state index in [1.54, 1.807) is 30.3 Å². The Balaban J connectivity index is 1.97. The molecule has 1 aromatic heterocycles. The van der Waals surface area contributed by atoms with Gasteiger partial charge in [-0.2, -0.15) is 0 Å². The van der Waals surface area contributed by atoms with Crippen molar-refractivity contribution < 1.29 is 14.3 Å². The van der Waals surface area contributed by atoms with Gasteiger partial charge in [0.2, 0.25) is 0 Å². The Hall–Kier alpha value is -2.36. The van der Waals surface area contributed by atoms with Gasteiger partial charge >= 0.3 is 0 Å². The predicted octanol–water partition coefficient (Wildman–Crippen LogP) is 2.70. The van der Waals surface area contributed by atoms with Gasteiger partial charge in [-0.1, -0.05) is 0 Å². The largest absolute Gasteiger partial charge is 0.486 e. The maximum atomic E-state index is 12.5. The molecule has 0 saturated heterocycles. The fraction of sp³-hybridized carbons (Fsp3) is 0.250. The van der Waals surface area contributed by atoms with E-state index < -0.39 is 0 Å². The van der Waals surface area contributed by atoms with Crippen LogP contribution in [0.25, 0.3) is 0 Å². The van der Waals surface area contributed by atoms with Crippen molar-refractivity contribution in [2.24, 2.45) is 0 Å². The summed E-state index contributed by atoms with van der Waals surface area (Å²) in [7, 11) is 0. The molecule has 102 valence electrons. The summed E-state index contributed by atoms with van der Waals surface area (Å²) in [6.45, 7) is 4.82. The molecule has 1 aliphatic rings. The fourth-order valence-electron chi connectivity index (χ4n) is 2.32. The highest BCUT2D eigenvalue weighted by molar-refractivity contribution is 6.09. The van der Waals surface area contributed by atoms with Gasteiger partial charge in [0, 0.05) is 22.5 Å². The quantitative estimate of drug-likeness (QED) is 0.786. The van der Waals surface area contributed by atoms with E-state index in [2.05, 4.69) is 4.98 Å². The number of nitrogens with zero attached hydrogens (tertiary/aromatic N) is 1. The number of carbonyl (C=O) groups excluding carboxylic acids is 1. The predicted molar refractivity (Wildman–Crippen MR) is 74.6 cm³/mol. The second-order valence-electron chi connectivity index (χ2n) is 4.83. The summed E-state index contributed by atoms with van der Waals surface area (Å²) in [6.07, 6.45) is 0. The zero-order valence-corrected chi connectivity index (χ0v) is 11.5. The number of fused-ring (bicyclic) bond motifs is 1. The lowest BCUT2D eigenvalue weighted by Gasteiger charge is -2.18. The number of aryl methyl sites for hydroxylation is 2. The van der Waals surface area contributed by atoms with E-state index >= 15 is 0 Å². The van der Waals surface area contributed by atoms with Crippen LogP contribution in [0.15, 0.2) is 30.3 Å². The summed E-state index contributed by atoms with van der Waals surface area (Å²) in [6, 6.07) is 8.88. The van der Waals surface area contributed by atoms with Crippen molar-refractivity contribution in [2.75, 3.05) is 13.2 Å². The third-order valence-corrected chi connectivity index (χ3v) is 3.15. The molecular formula is C16H15NO3. The van der Waals surface area contributed by atoms with Crippen molar-refractivity contribution in [1.29, 1.82) is 0 Å². The molecule has 0 saturated carbocycles. The normalized spacial score (nSPS) is 13.1. The van der Waals surface area contributed by atoms with E-state index in [9.17, 15) is 4.79 Å². The Labute approximate surface area is 117 Å². The highest BCUT2D eigenvalue weighted by Crippen LogP contribution is 2.31. The van der Waals surface area contributed by atoms with Crippen LogP contribution in [0.2, 0.25) is 0 Å². The smallest absolute Gasteiger partial charge is 0.193 e. The van der Waals surface area contributed by atoms with Gasteiger partial charge in [0.15, 0.2) is 17.3 Å². The highest BCUT2D eigenvalue weighted by atomic mass is 16.6. The Morgan fingerprint density at radius 2 is 1.60 bits per heavy atom. The summed E-state index contributed by atoms with van der Waals surface area (Å²) in [5.74, 6) is 1.29. The maximum absolute atomic E-state index is 12.5. The molecule has 0 aliphatic carbocycles. The molecule has 4 heteroatoms. The number of ketones is 1. The lowest BCUT2D eigenvalue weighted by molar-refractivity contribution is 0.103. The second kappa shape index (κ2) is 4.96. The van der Waals surface area contributed by atoms with E-state index in [1.807, 2.05) is 13.8 Å². The van der Waals surface area contributed by atoms with Crippen molar-refractivity contribution in [3.63, 3.8) is 0 Å². The molecule has 0 atom stereocenters. The number of pyridine rings is 1. The molecule has 0 amide bonds. The first-order valence-corrected chi connectivity index (χ1v) is 6.53. The lowest BCUT2D eigenvalue weighted by atomic mass is 10.0. The summed E-state index contributed by atoms with van der Waals surface area (Å²) in [5.41, 5.74) is 2.92. The van der Waals surface area contributed by atoms with Crippen molar-refractivity contribution in [3.8, 4) is 11.5 Å². The average molecular weight is 269 g/mol. The van der Waals surface area contributed by atoms with Crippen LogP contribution < -0.4 is 9.47 Å².